The Hall–Kier alpha value is -1.88. The molecule has 5 nitrogen and oxygen atoms in total. The lowest BCUT2D eigenvalue weighted by Gasteiger charge is -2.38. The molecular weight excluding hydrogens is 246 g/mol. The van der Waals surface area contributed by atoms with E-state index in [1.807, 2.05) is 0 Å². The third-order valence-corrected chi connectivity index (χ3v) is 3.56. The van der Waals surface area contributed by atoms with Crippen molar-refractivity contribution in [2.24, 2.45) is 0 Å². The predicted octanol–water partition coefficient (Wildman–Crippen LogP) is 0.713. The summed E-state index contributed by atoms with van der Waals surface area (Å²) < 4.78 is 5.63. The summed E-state index contributed by atoms with van der Waals surface area (Å²) >= 11 is 0. The highest BCUT2D eigenvalue weighted by Crippen LogP contribution is 2.38. The van der Waals surface area contributed by atoms with Crippen molar-refractivity contribution in [3.63, 3.8) is 0 Å². The molecule has 0 radical (unpaired) electrons. The molecule has 0 bridgehead atoms. The van der Waals surface area contributed by atoms with Gasteiger partial charge in [0, 0.05) is 12.0 Å². The van der Waals surface area contributed by atoms with Crippen molar-refractivity contribution in [2.45, 2.75) is 38.4 Å². The molecular formula is C14H15NO4. The zero-order chi connectivity index (χ0) is 13.8. The zero-order valence-corrected chi connectivity index (χ0v) is 10.8. The van der Waals surface area contributed by atoms with Crippen LogP contribution in [-0.2, 0) is 14.3 Å². The van der Waals surface area contributed by atoms with Crippen LogP contribution in [0.25, 0.3) is 0 Å². The number of allylic oxidation sites excluding steroid dienone is 2. The van der Waals surface area contributed by atoms with Gasteiger partial charge in [0.15, 0.2) is 11.5 Å². The molecule has 3 aliphatic rings. The number of ketones is 2. The molecule has 19 heavy (non-hydrogen) atoms. The Morgan fingerprint density at radius 3 is 2.84 bits per heavy atom. The number of aliphatic hydroxyl groups excluding tert-OH is 1. The number of carbonyl (C=O) groups excluding carboxylic acids is 2. The van der Waals surface area contributed by atoms with Crippen LogP contribution in [0.4, 0.5) is 0 Å². The van der Waals surface area contributed by atoms with E-state index < -0.39 is 11.7 Å². The predicted molar refractivity (Wildman–Crippen MR) is 66.7 cm³/mol. The molecule has 2 aliphatic heterocycles. The highest BCUT2D eigenvalue weighted by atomic mass is 16.5. The average Bonchev–Trinajstić information content (AvgIpc) is 2.34. The highest BCUT2D eigenvalue weighted by Gasteiger charge is 2.45. The second-order valence-electron chi connectivity index (χ2n) is 5.59. The lowest BCUT2D eigenvalue weighted by molar-refractivity contribution is -0.126. The van der Waals surface area contributed by atoms with E-state index in [0.29, 0.717) is 18.4 Å². The fourth-order valence-electron chi connectivity index (χ4n) is 2.71. The maximum atomic E-state index is 12.4. The van der Waals surface area contributed by atoms with Crippen LogP contribution >= 0.6 is 0 Å². The molecule has 100 valence electrons. The topological polar surface area (TPSA) is 75.6 Å². The molecule has 0 spiro atoms. The monoisotopic (exact) mass is 261 g/mol. The number of hydrogen-bond donors (Lipinski definition) is 2. The number of hydrogen-bond acceptors (Lipinski definition) is 5. The minimum Gasteiger partial charge on any atom is -0.483 e. The molecule has 2 heterocycles. The van der Waals surface area contributed by atoms with Crippen LogP contribution in [0.2, 0.25) is 0 Å². The molecule has 0 saturated carbocycles. The number of nitrogens with one attached hydrogen (secondary N) is 1. The summed E-state index contributed by atoms with van der Waals surface area (Å²) in [4.78, 5) is 24.8. The Labute approximate surface area is 110 Å². The molecule has 0 aromatic heterocycles. The van der Waals surface area contributed by atoms with E-state index in [1.165, 1.54) is 0 Å². The first-order valence-electron chi connectivity index (χ1n) is 6.26. The Balaban J connectivity index is 2.10. The van der Waals surface area contributed by atoms with Gasteiger partial charge in [-0.15, -0.1) is 0 Å². The summed E-state index contributed by atoms with van der Waals surface area (Å²) in [5.74, 6) is -0.638. The first-order valence-corrected chi connectivity index (χ1v) is 6.26. The summed E-state index contributed by atoms with van der Waals surface area (Å²) in [5, 5.41) is 13.0. The van der Waals surface area contributed by atoms with Gasteiger partial charge in [-0.05, 0) is 26.5 Å². The van der Waals surface area contributed by atoms with E-state index in [4.69, 9.17) is 4.74 Å². The van der Waals surface area contributed by atoms with Crippen LogP contribution in [-0.4, -0.2) is 28.4 Å². The smallest absolute Gasteiger partial charge is 0.244 e. The van der Waals surface area contributed by atoms with Gasteiger partial charge in [0.25, 0.3) is 0 Å². The standard InChI is InChI=1S/C14H15NO4/c1-14(2)6-8(16)9-11(17)7-4-3-5-15-10(7)12(18)13(9)19-14/h3,5,8,15-16H,4,6H2,1-2H3. The number of carbonyl (C=O) groups is 2. The normalized spacial score (nSPS) is 28.7. The van der Waals surface area contributed by atoms with E-state index >= 15 is 0 Å². The molecule has 1 unspecified atom stereocenters. The summed E-state index contributed by atoms with van der Waals surface area (Å²) in [6.45, 7) is 3.58. The second kappa shape index (κ2) is 3.81. The van der Waals surface area contributed by atoms with E-state index in [-0.39, 0.29) is 28.6 Å². The molecule has 0 fully saturated rings. The van der Waals surface area contributed by atoms with E-state index in [1.54, 1.807) is 26.1 Å². The third kappa shape index (κ3) is 1.73. The van der Waals surface area contributed by atoms with Crippen molar-refractivity contribution < 1.29 is 19.4 Å². The van der Waals surface area contributed by atoms with Gasteiger partial charge < -0.3 is 15.2 Å². The van der Waals surface area contributed by atoms with Gasteiger partial charge in [0.05, 0.1) is 17.4 Å². The molecule has 1 aliphatic carbocycles. The maximum Gasteiger partial charge on any atom is 0.244 e. The minimum absolute atomic E-state index is 0.00435. The van der Waals surface area contributed by atoms with E-state index in [2.05, 4.69) is 5.32 Å². The van der Waals surface area contributed by atoms with Crippen molar-refractivity contribution >= 4 is 11.6 Å². The van der Waals surface area contributed by atoms with Gasteiger partial charge >= 0.3 is 0 Å². The van der Waals surface area contributed by atoms with E-state index in [0.717, 1.165) is 0 Å². The Kier molecular flexibility index (Phi) is 2.44. The van der Waals surface area contributed by atoms with Crippen LogP contribution in [0.1, 0.15) is 26.7 Å². The summed E-state index contributed by atoms with van der Waals surface area (Å²) in [6.07, 6.45) is 3.17. The van der Waals surface area contributed by atoms with Crippen molar-refractivity contribution in [2.75, 3.05) is 0 Å². The first kappa shape index (κ1) is 12.2. The highest BCUT2D eigenvalue weighted by molar-refractivity contribution is 6.25. The average molecular weight is 261 g/mol. The molecule has 5 heteroatoms. The number of dihydropyridines is 1. The summed E-state index contributed by atoms with van der Waals surface area (Å²) in [6, 6.07) is 0. The Morgan fingerprint density at radius 1 is 1.37 bits per heavy atom. The zero-order valence-electron chi connectivity index (χ0n) is 10.8. The van der Waals surface area contributed by atoms with Gasteiger partial charge in [-0.25, -0.2) is 0 Å². The van der Waals surface area contributed by atoms with Crippen molar-refractivity contribution in [1.82, 2.24) is 5.32 Å². The fraction of sp³-hybridized carbons (Fsp3) is 0.429. The molecule has 2 N–H and O–H groups in total. The molecule has 0 aromatic rings. The van der Waals surface area contributed by atoms with Crippen molar-refractivity contribution in [3.05, 3.63) is 34.9 Å². The van der Waals surface area contributed by atoms with E-state index in [9.17, 15) is 14.7 Å². The van der Waals surface area contributed by atoms with Crippen molar-refractivity contribution in [3.8, 4) is 0 Å². The second-order valence-corrected chi connectivity index (χ2v) is 5.59. The van der Waals surface area contributed by atoms with Gasteiger partial charge in [0.1, 0.15) is 5.60 Å². The number of Topliss-reactive ketones (excluding diaryl/α,β-unsaturated/α-hetero) is 2. The quantitative estimate of drug-likeness (QED) is 0.628. The summed E-state index contributed by atoms with van der Waals surface area (Å²) in [5.41, 5.74) is 0.140. The van der Waals surface area contributed by atoms with Crippen LogP contribution in [0.3, 0.4) is 0 Å². The lowest BCUT2D eigenvalue weighted by Crippen LogP contribution is -2.44. The summed E-state index contributed by atoms with van der Waals surface area (Å²) in [7, 11) is 0. The first-order chi connectivity index (χ1) is 8.91. The van der Waals surface area contributed by atoms with Gasteiger partial charge in [0.2, 0.25) is 5.78 Å². The fourth-order valence-corrected chi connectivity index (χ4v) is 2.71. The number of rotatable bonds is 0. The van der Waals surface area contributed by atoms with Crippen LogP contribution in [0.5, 0.6) is 0 Å². The van der Waals surface area contributed by atoms with Crippen LogP contribution < -0.4 is 5.32 Å². The van der Waals surface area contributed by atoms with Gasteiger partial charge in [-0.3, -0.25) is 9.59 Å². The number of aliphatic hydroxyl groups is 1. The molecule has 0 aromatic carbocycles. The Bertz CT molecular complexity index is 580. The lowest BCUT2D eigenvalue weighted by atomic mass is 9.81. The van der Waals surface area contributed by atoms with Gasteiger partial charge in [-0.2, -0.15) is 0 Å². The molecule has 1 atom stereocenters. The maximum absolute atomic E-state index is 12.4. The largest absolute Gasteiger partial charge is 0.483 e. The van der Waals surface area contributed by atoms with Crippen LogP contribution in [0.15, 0.2) is 34.9 Å². The van der Waals surface area contributed by atoms with Crippen LogP contribution in [0, 0.1) is 0 Å². The number of ether oxygens (including phenoxy) is 1. The third-order valence-electron chi connectivity index (χ3n) is 3.56. The SMILES string of the molecule is CC1(C)CC(O)C2=C(O1)C(=O)C1=C(CC=CN1)C2=O. The minimum atomic E-state index is -0.949. The molecule has 0 amide bonds. The Morgan fingerprint density at radius 2 is 2.11 bits per heavy atom. The molecule has 0 saturated heterocycles. The van der Waals surface area contributed by atoms with Crippen molar-refractivity contribution in [1.29, 1.82) is 0 Å². The molecule has 3 rings (SSSR count). The van der Waals surface area contributed by atoms with Gasteiger partial charge in [-0.1, -0.05) is 6.08 Å².